The summed E-state index contributed by atoms with van der Waals surface area (Å²) in [6.07, 6.45) is 12.2. The fourth-order valence-electron chi connectivity index (χ4n) is 6.51. The molecule has 0 N–H and O–H groups in total. The topological polar surface area (TPSA) is 50.1 Å². The molecule has 2 aromatic rings. The van der Waals surface area contributed by atoms with Crippen LogP contribution in [0.1, 0.15) is 102 Å². The van der Waals surface area contributed by atoms with Crippen LogP contribution in [0.5, 0.6) is 5.75 Å². The highest BCUT2D eigenvalue weighted by atomic mass is 16.5. The molecule has 36 heavy (non-hydrogen) atoms. The number of ether oxygens (including phenoxy) is 1. The van der Waals surface area contributed by atoms with Gasteiger partial charge in [0.2, 0.25) is 0 Å². The lowest BCUT2D eigenvalue weighted by molar-refractivity contribution is -0.128. The van der Waals surface area contributed by atoms with Gasteiger partial charge < -0.3 is 4.74 Å². The summed E-state index contributed by atoms with van der Waals surface area (Å²) < 4.78 is 5.85. The first-order valence-electron chi connectivity index (χ1n) is 14.4. The van der Waals surface area contributed by atoms with E-state index in [-0.39, 0.29) is 17.3 Å². The minimum Gasteiger partial charge on any atom is -0.494 e. The lowest BCUT2D eigenvalue weighted by Crippen LogP contribution is -2.38. The van der Waals surface area contributed by atoms with Crippen molar-refractivity contribution in [1.82, 2.24) is 0 Å². The first kappa shape index (κ1) is 26.5. The molecule has 4 rings (SSSR count). The molecule has 2 aliphatic rings. The zero-order valence-corrected chi connectivity index (χ0v) is 22.3. The minimum atomic E-state index is -0.302. The van der Waals surface area contributed by atoms with Gasteiger partial charge in [0.25, 0.3) is 0 Å². The summed E-state index contributed by atoms with van der Waals surface area (Å²) >= 11 is 0. The number of carbonyl (C=O) groups is 1. The van der Waals surface area contributed by atoms with Crippen LogP contribution in [0.2, 0.25) is 0 Å². The van der Waals surface area contributed by atoms with Crippen molar-refractivity contribution in [3.63, 3.8) is 0 Å². The molecule has 0 aromatic heterocycles. The molecule has 192 valence electrons. The molecule has 0 amide bonds. The van der Waals surface area contributed by atoms with Gasteiger partial charge in [0, 0.05) is 12.3 Å². The summed E-state index contributed by atoms with van der Waals surface area (Å²) in [5.41, 5.74) is 3.51. The second-order valence-corrected chi connectivity index (χ2v) is 11.2. The average molecular weight is 486 g/mol. The Bertz CT molecular complexity index is 1010. The third-order valence-electron chi connectivity index (χ3n) is 8.87. The highest BCUT2D eigenvalue weighted by molar-refractivity contribution is 5.82. The molecule has 0 radical (unpaired) electrons. The minimum absolute atomic E-state index is 0.242. The molecule has 2 aliphatic carbocycles. The number of rotatable bonds is 10. The smallest absolute Gasteiger partial charge is 0.136 e. The SMILES string of the molecule is CCCCCOc1ccc(-c2ccc(C3CCC(C#N)(C4CC[C@@H](CCC)C(=O)C4)CC3)cc2)cc1. The van der Waals surface area contributed by atoms with Crippen molar-refractivity contribution in [2.24, 2.45) is 17.3 Å². The van der Waals surface area contributed by atoms with Crippen molar-refractivity contribution in [1.29, 1.82) is 5.26 Å². The van der Waals surface area contributed by atoms with Crippen LogP contribution in [0, 0.1) is 28.6 Å². The number of benzene rings is 2. The largest absolute Gasteiger partial charge is 0.494 e. The third kappa shape index (κ3) is 6.20. The van der Waals surface area contributed by atoms with Crippen molar-refractivity contribution < 1.29 is 9.53 Å². The fourth-order valence-corrected chi connectivity index (χ4v) is 6.51. The van der Waals surface area contributed by atoms with E-state index in [0.29, 0.717) is 18.1 Å². The molecule has 0 heterocycles. The second-order valence-electron chi connectivity index (χ2n) is 11.2. The number of nitrogens with zero attached hydrogens (tertiary/aromatic N) is 1. The average Bonchev–Trinajstić information content (AvgIpc) is 2.93. The van der Waals surface area contributed by atoms with E-state index in [9.17, 15) is 10.1 Å². The zero-order valence-electron chi connectivity index (χ0n) is 22.3. The first-order chi connectivity index (χ1) is 17.6. The van der Waals surface area contributed by atoms with Gasteiger partial charge in [-0.25, -0.2) is 0 Å². The Labute approximate surface area is 218 Å². The van der Waals surface area contributed by atoms with E-state index in [2.05, 4.69) is 68.4 Å². The second kappa shape index (κ2) is 12.6. The molecule has 2 atom stereocenters. The molecular formula is C33H43NO2. The predicted octanol–water partition coefficient (Wildman–Crippen LogP) is 8.88. The zero-order chi connectivity index (χ0) is 25.4. The Morgan fingerprint density at radius 3 is 2.14 bits per heavy atom. The molecule has 2 aromatic carbocycles. The van der Waals surface area contributed by atoms with Crippen LogP contribution in [0.3, 0.4) is 0 Å². The Hall–Kier alpha value is -2.60. The Morgan fingerprint density at radius 1 is 0.889 bits per heavy atom. The maximum atomic E-state index is 12.7. The normalized spacial score (nSPS) is 26.4. The number of ketones is 1. The van der Waals surface area contributed by atoms with Crippen LogP contribution in [-0.2, 0) is 4.79 Å². The van der Waals surface area contributed by atoms with Gasteiger partial charge in [-0.15, -0.1) is 0 Å². The summed E-state index contributed by atoms with van der Waals surface area (Å²) in [6, 6.07) is 20.1. The number of unbranched alkanes of at least 4 members (excludes halogenated alkanes) is 2. The van der Waals surface area contributed by atoms with Gasteiger partial charge in [-0.1, -0.05) is 69.5 Å². The molecule has 2 saturated carbocycles. The summed E-state index contributed by atoms with van der Waals surface area (Å²) in [5.74, 6) is 2.36. The van der Waals surface area contributed by atoms with Gasteiger partial charge >= 0.3 is 0 Å². The first-order valence-corrected chi connectivity index (χ1v) is 14.4. The quantitative estimate of drug-likeness (QED) is 0.316. The van der Waals surface area contributed by atoms with Crippen LogP contribution < -0.4 is 4.74 Å². The van der Waals surface area contributed by atoms with Gasteiger partial charge in [-0.05, 0) is 92.0 Å². The number of nitriles is 1. The molecule has 2 fully saturated rings. The van der Waals surface area contributed by atoms with E-state index < -0.39 is 0 Å². The van der Waals surface area contributed by atoms with Crippen LogP contribution in [0.15, 0.2) is 48.5 Å². The van der Waals surface area contributed by atoms with Crippen LogP contribution in [0.4, 0.5) is 0 Å². The van der Waals surface area contributed by atoms with Gasteiger partial charge in [0.05, 0.1) is 18.1 Å². The third-order valence-corrected chi connectivity index (χ3v) is 8.87. The van der Waals surface area contributed by atoms with Gasteiger partial charge in [0.1, 0.15) is 11.5 Å². The van der Waals surface area contributed by atoms with E-state index in [1.807, 2.05) is 0 Å². The monoisotopic (exact) mass is 485 g/mol. The maximum Gasteiger partial charge on any atom is 0.136 e. The van der Waals surface area contributed by atoms with Crippen molar-refractivity contribution >= 4 is 5.78 Å². The molecule has 3 heteroatoms. The lowest BCUT2D eigenvalue weighted by atomic mass is 9.59. The van der Waals surface area contributed by atoms with E-state index >= 15 is 0 Å². The summed E-state index contributed by atoms with van der Waals surface area (Å²) in [5, 5.41) is 10.2. The molecular weight excluding hydrogens is 442 g/mol. The number of hydrogen-bond acceptors (Lipinski definition) is 3. The fraction of sp³-hybridized carbons (Fsp3) is 0.576. The molecule has 0 aliphatic heterocycles. The van der Waals surface area contributed by atoms with E-state index in [1.165, 1.54) is 29.5 Å². The number of carbonyl (C=O) groups excluding carboxylic acids is 1. The Kier molecular flexibility index (Phi) is 9.24. The van der Waals surface area contributed by atoms with E-state index in [1.54, 1.807) is 0 Å². The summed E-state index contributed by atoms with van der Waals surface area (Å²) in [4.78, 5) is 12.7. The molecule has 0 bridgehead atoms. The van der Waals surface area contributed by atoms with Crippen molar-refractivity contribution in [2.75, 3.05) is 6.61 Å². The van der Waals surface area contributed by atoms with Crippen LogP contribution >= 0.6 is 0 Å². The highest BCUT2D eigenvalue weighted by Gasteiger charge is 2.45. The van der Waals surface area contributed by atoms with Crippen molar-refractivity contribution in [3.8, 4) is 22.9 Å². The van der Waals surface area contributed by atoms with Crippen LogP contribution in [0.25, 0.3) is 11.1 Å². The molecule has 0 spiro atoms. The molecule has 1 unspecified atom stereocenters. The summed E-state index contributed by atoms with van der Waals surface area (Å²) in [7, 11) is 0. The standard InChI is InChI=1S/C33H43NO2/c1-3-5-6-22-36-31-16-13-27(14-17-31)25-8-10-26(11-9-25)28-18-20-33(24-34,21-19-28)30-15-12-29(7-4-2)32(35)23-30/h8-11,13-14,16-17,28-30H,3-7,12,15,18-23H2,1-2H3/t28?,29-,30?,33?/m1/s1. The highest BCUT2D eigenvalue weighted by Crippen LogP contribution is 2.51. The van der Waals surface area contributed by atoms with Crippen molar-refractivity contribution in [2.45, 2.75) is 96.8 Å². The van der Waals surface area contributed by atoms with Gasteiger partial charge in [0.15, 0.2) is 0 Å². The Morgan fingerprint density at radius 2 is 1.56 bits per heavy atom. The van der Waals surface area contributed by atoms with E-state index in [0.717, 1.165) is 70.1 Å². The van der Waals surface area contributed by atoms with Crippen molar-refractivity contribution in [3.05, 3.63) is 54.1 Å². The van der Waals surface area contributed by atoms with Gasteiger partial charge in [-0.2, -0.15) is 5.26 Å². The predicted molar refractivity (Wildman–Crippen MR) is 147 cm³/mol. The number of Topliss-reactive ketones (excluding diaryl/α,β-unsaturated/α-hetero) is 1. The molecule has 0 saturated heterocycles. The van der Waals surface area contributed by atoms with Gasteiger partial charge in [-0.3, -0.25) is 4.79 Å². The maximum absolute atomic E-state index is 12.7. The Balaban J connectivity index is 1.32. The number of hydrogen-bond donors (Lipinski definition) is 0. The van der Waals surface area contributed by atoms with E-state index in [4.69, 9.17) is 4.74 Å². The lowest BCUT2D eigenvalue weighted by Gasteiger charge is -2.43. The van der Waals surface area contributed by atoms with Crippen LogP contribution in [-0.4, -0.2) is 12.4 Å². The summed E-state index contributed by atoms with van der Waals surface area (Å²) in [6.45, 7) is 5.15. The molecule has 3 nitrogen and oxygen atoms in total.